The van der Waals surface area contributed by atoms with E-state index >= 15 is 0 Å². The Morgan fingerprint density at radius 2 is 2.04 bits per heavy atom. The molecule has 1 aromatic carbocycles. The zero-order chi connectivity index (χ0) is 18.0. The van der Waals surface area contributed by atoms with E-state index in [9.17, 15) is 19.5 Å². The summed E-state index contributed by atoms with van der Waals surface area (Å²) in [6.45, 7) is -0.500. The summed E-state index contributed by atoms with van der Waals surface area (Å²) in [5, 5.41) is 9.01. The molecule has 132 valence electrons. The lowest BCUT2D eigenvalue weighted by atomic mass is 10.0. The molecule has 0 bridgehead atoms. The summed E-state index contributed by atoms with van der Waals surface area (Å²) >= 11 is 1.35. The van der Waals surface area contributed by atoms with E-state index in [2.05, 4.69) is 0 Å². The molecule has 0 aliphatic carbocycles. The number of aliphatic carboxylic acids is 1. The van der Waals surface area contributed by atoms with E-state index in [4.69, 9.17) is 15.2 Å². The fourth-order valence-corrected chi connectivity index (χ4v) is 3.83. The average molecular weight is 364 g/mol. The topological polar surface area (TPSA) is 119 Å². The summed E-state index contributed by atoms with van der Waals surface area (Å²) in [6.07, 6.45) is 0. The quantitative estimate of drug-likeness (QED) is 0.542. The molecule has 1 saturated heterocycles. The molecule has 3 rings (SSSR count). The fourth-order valence-electron chi connectivity index (χ4n) is 2.56. The molecule has 1 fully saturated rings. The Morgan fingerprint density at radius 1 is 1.32 bits per heavy atom. The average Bonchev–Trinajstić information content (AvgIpc) is 2.63. The summed E-state index contributed by atoms with van der Waals surface area (Å²) in [4.78, 5) is 36.3. The van der Waals surface area contributed by atoms with E-state index in [0.717, 1.165) is 4.90 Å². The van der Waals surface area contributed by atoms with E-state index in [1.54, 1.807) is 24.3 Å². The van der Waals surface area contributed by atoms with Crippen LogP contribution in [0.1, 0.15) is 0 Å². The fraction of sp³-hybridized carbons (Fsp3) is 0.312. The van der Waals surface area contributed by atoms with Gasteiger partial charge in [-0.3, -0.25) is 9.69 Å². The van der Waals surface area contributed by atoms with Crippen LogP contribution in [-0.4, -0.2) is 58.2 Å². The number of β-lactam (4-membered cyclic amide) rings is 1. The summed E-state index contributed by atoms with van der Waals surface area (Å²) in [5.41, 5.74) is 5.89. The molecule has 3 N–H and O–H groups in total. The smallest absolute Gasteiger partial charge is 0.352 e. The molecule has 8 nitrogen and oxygen atoms in total. The molecule has 0 unspecified atom stereocenters. The third kappa shape index (κ3) is 3.47. The number of nitrogens with zero attached hydrogens (tertiary/aromatic N) is 1. The number of amides is 1. The minimum Gasteiger partial charge on any atom is -0.482 e. The number of hydrogen-bond acceptors (Lipinski definition) is 7. The van der Waals surface area contributed by atoms with Crippen molar-refractivity contribution in [3.05, 3.63) is 41.6 Å². The predicted molar refractivity (Wildman–Crippen MR) is 88.6 cm³/mol. The van der Waals surface area contributed by atoms with Crippen molar-refractivity contribution in [1.29, 1.82) is 0 Å². The van der Waals surface area contributed by atoms with Crippen LogP contribution in [0, 0.1) is 0 Å². The lowest BCUT2D eigenvalue weighted by Gasteiger charge is -2.47. The largest absolute Gasteiger partial charge is 0.482 e. The normalized spacial score (nSPS) is 22.1. The van der Waals surface area contributed by atoms with Crippen LogP contribution < -0.4 is 10.5 Å². The minimum absolute atomic E-state index is 0.146. The monoisotopic (exact) mass is 364 g/mol. The summed E-state index contributed by atoms with van der Waals surface area (Å²) in [6, 6.07) is 8.08. The molecule has 2 atom stereocenters. The van der Waals surface area contributed by atoms with Crippen molar-refractivity contribution in [1.82, 2.24) is 4.90 Å². The highest BCUT2D eigenvalue weighted by Gasteiger charge is 2.51. The van der Waals surface area contributed by atoms with Crippen LogP contribution in [0.3, 0.4) is 0 Å². The number of carboxylic acids is 1. The van der Waals surface area contributed by atoms with Gasteiger partial charge in [0.25, 0.3) is 0 Å². The molecule has 1 amide bonds. The zero-order valence-electron chi connectivity index (χ0n) is 13.1. The first-order valence-corrected chi connectivity index (χ1v) is 8.53. The van der Waals surface area contributed by atoms with Crippen LogP contribution in [0.15, 0.2) is 41.6 Å². The number of carbonyl (C=O) groups excluding carboxylic acids is 2. The van der Waals surface area contributed by atoms with Crippen LogP contribution in [-0.2, 0) is 19.1 Å². The van der Waals surface area contributed by atoms with Crippen molar-refractivity contribution < 1.29 is 29.0 Å². The molecule has 2 heterocycles. The molecule has 1 aromatic rings. The summed E-state index contributed by atoms with van der Waals surface area (Å²) in [7, 11) is 0. The predicted octanol–water partition coefficient (Wildman–Crippen LogP) is 0.190. The number of rotatable bonds is 6. The van der Waals surface area contributed by atoms with Gasteiger partial charge < -0.3 is 20.3 Å². The number of nitrogens with two attached hydrogens (primary N) is 1. The standard InChI is InChI=1S/C16H16N2O6S/c17-12-14(20)18-13(16(21)22)9(8-25-15(12)18)6-24-11(19)7-23-10-4-2-1-3-5-10/h1-5,12,15H,6-8,17H2,(H,21,22)/t12-,15-/m1/s1. The Labute approximate surface area is 147 Å². The van der Waals surface area contributed by atoms with Crippen molar-refractivity contribution >= 4 is 29.6 Å². The number of carboxylic acid groups (broad SMARTS) is 1. The Hall–Kier alpha value is -2.52. The minimum atomic E-state index is -1.24. The summed E-state index contributed by atoms with van der Waals surface area (Å²) in [5.74, 6) is -1.44. The van der Waals surface area contributed by atoms with Gasteiger partial charge in [-0.15, -0.1) is 11.8 Å². The van der Waals surface area contributed by atoms with Gasteiger partial charge in [-0.05, 0) is 12.1 Å². The van der Waals surface area contributed by atoms with E-state index in [1.807, 2.05) is 6.07 Å². The van der Waals surface area contributed by atoms with Gasteiger partial charge in [0.05, 0.1) is 0 Å². The van der Waals surface area contributed by atoms with Crippen LogP contribution in [0.5, 0.6) is 5.75 Å². The van der Waals surface area contributed by atoms with Crippen molar-refractivity contribution in [2.45, 2.75) is 11.4 Å². The molecular formula is C16H16N2O6S. The molecule has 2 aliphatic heterocycles. The van der Waals surface area contributed by atoms with Gasteiger partial charge in [-0.25, -0.2) is 9.59 Å². The first-order chi connectivity index (χ1) is 12.0. The van der Waals surface area contributed by atoms with Gasteiger partial charge in [0.1, 0.15) is 29.5 Å². The maximum atomic E-state index is 11.8. The van der Waals surface area contributed by atoms with E-state index < -0.39 is 23.9 Å². The number of ether oxygens (including phenoxy) is 2. The van der Waals surface area contributed by atoms with E-state index in [0.29, 0.717) is 17.1 Å². The maximum Gasteiger partial charge on any atom is 0.352 e. The lowest BCUT2D eigenvalue weighted by Crippen LogP contribution is -2.68. The lowest BCUT2D eigenvalue weighted by molar-refractivity contribution is -0.148. The van der Waals surface area contributed by atoms with Gasteiger partial charge in [0.2, 0.25) is 5.91 Å². The Balaban J connectivity index is 1.60. The second-order valence-corrected chi connectivity index (χ2v) is 6.56. The van der Waals surface area contributed by atoms with Gasteiger partial charge in [0.15, 0.2) is 6.61 Å². The number of esters is 1. The van der Waals surface area contributed by atoms with Crippen LogP contribution in [0.25, 0.3) is 0 Å². The van der Waals surface area contributed by atoms with Gasteiger partial charge in [-0.1, -0.05) is 18.2 Å². The van der Waals surface area contributed by atoms with Crippen LogP contribution in [0.2, 0.25) is 0 Å². The molecule has 25 heavy (non-hydrogen) atoms. The second-order valence-electron chi connectivity index (χ2n) is 5.46. The Bertz CT molecular complexity index is 735. The third-order valence-corrected chi connectivity index (χ3v) is 5.16. The third-order valence-electron chi connectivity index (χ3n) is 3.80. The highest BCUT2D eigenvalue weighted by Crippen LogP contribution is 2.39. The van der Waals surface area contributed by atoms with Gasteiger partial charge >= 0.3 is 11.9 Å². The first kappa shape index (κ1) is 17.3. The molecular weight excluding hydrogens is 348 g/mol. The second kappa shape index (κ2) is 7.16. The van der Waals surface area contributed by atoms with Gasteiger partial charge in [0, 0.05) is 11.3 Å². The molecule has 2 aliphatic rings. The number of thioether (sulfide) groups is 1. The van der Waals surface area contributed by atoms with Crippen LogP contribution >= 0.6 is 11.8 Å². The first-order valence-electron chi connectivity index (χ1n) is 7.48. The SMILES string of the molecule is N[C@@H]1C(=O)N2C(C(=O)O)=C(COC(=O)COc3ccccc3)CS[C@H]12. The molecule has 0 radical (unpaired) electrons. The van der Waals surface area contributed by atoms with Crippen LogP contribution in [0.4, 0.5) is 0 Å². The number of benzene rings is 1. The van der Waals surface area contributed by atoms with Crippen molar-refractivity contribution in [3.63, 3.8) is 0 Å². The maximum absolute atomic E-state index is 11.8. The number of para-hydroxylation sites is 1. The molecule has 0 saturated carbocycles. The molecule has 0 aromatic heterocycles. The molecule has 0 spiro atoms. The number of hydrogen-bond donors (Lipinski definition) is 2. The van der Waals surface area contributed by atoms with Crippen molar-refractivity contribution in [2.75, 3.05) is 19.0 Å². The highest BCUT2D eigenvalue weighted by molar-refractivity contribution is 8.00. The van der Waals surface area contributed by atoms with Crippen molar-refractivity contribution in [3.8, 4) is 5.75 Å². The Morgan fingerprint density at radius 3 is 2.72 bits per heavy atom. The number of carbonyl (C=O) groups is 3. The number of fused-ring (bicyclic) bond motifs is 1. The Kier molecular flexibility index (Phi) is 4.95. The van der Waals surface area contributed by atoms with E-state index in [-0.39, 0.29) is 24.3 Å². The van der Waals surface area contributed by atoms with Crippen molar-refractivity contribution in [2.24, 2.45) is 5.73 Å². The highest BCUT2D eigenvalue weighted by atomic mass is 32.2. The molecule has 9 heteroatoms. The van der Waals surface area contributed by atoms with E-state index in [1.165, 1.54) is 11.8 Å². The van der Waals surface area contributed by atoms with Gasteiger partial charge in [-0.2, -0.15) is 0 Å². The zero-order valence-corrected chi connectivity index (χ0v) is 13.9. The summed E-state index contributed by atoms with van der Waals surface area (Å²) < 4.78 is 10.4.